The lowest BCUT2D eigenvalue weighted by atomic mass is 9.77. The summed E-state index contributed by atoms with van der Waals surface area (Å²) in [6.45, 7) is 7.71. The molecule has 20 heavy (non-hydrogen) atoms. The zero-order valence-electron chi connectivity index (χ0n) is 12.0. The molecule has 0 aliphatic carbocycles. The van der Waals surface area contributed by atoms with Gasteiger partial charge in [-0.05, 0) is 6.07 Å². The Bertz CT molecular complexity index is 573. The summed E-state index contributed by atoms with van der Waals surface area (Å²) in [6, 6.07) is 6.29. The molecule has 2 unspecified atom stereocenters. The number of hydrogen-bond acceptors (Lipinski definition) is 4. The first kappa shape index (κ1) is 14.5. The number of benzene rings is 1. The van der Waals surface area contributed by atoms with E-state index >= 15 is 0 Å². The smallest absolute Gasteiger partial charge is 0.336 e. The van der Waals surface area contributed by atoms with E-state index in [1.807, 2.05) is 20.8 Å². The molecule has 0 fully saturated rings. The Hall–Kier alpha value is -1.88. The minimum absolute atomic E-state index is 0.0206. The number of rotatable bonds is 2. The molecule has 5 nitrogen and oxygen atoms in total. The molecule has 108 valence electrons. The maximum atomic E-state index is 11.3. The highest BCUT2D eigenvalue weighted by Gasteiger charge is 2.50. The first-order chi connectivity index (χ1) is 9.18. The Morgan fingerprint density at radius 2 is 1.95 bits per heavy atom. The minimum atomic E-state index is -1.74. The Balaban J connectivity index is 2.48. The molecule has 1 heterocycles. The third kappa shape index (κ3) is 2.18. The number of nitrogens with zero attached hydrogens (tertiary/aromatic N) is 1. The first-order valence-electron chi connectivity index (χ1n) is 6.49. The normalized spacial score (nSPS) is 26.1. The summed E-state index contributed by atoms with van der Waals surface area (Å²) in [5.41, 5.74) is 0.692. The molecule has 0 aromatic heterocycles. The maximum absolute atomic E-state index is 11.3. The van der Waals surface area contributed by atoms with Gasteiger partial charge in [0.05, 0.1) is 17.2 Å². The summed E-state index contributed by atoms with van der Waals surface area (Å²) < 4.78 is 0. The first-order valence-corrected chi connectivity index (χ1v) is 6.49. The minimum Gasteiger partial charge on any atom is -0.478 e. The van der Waals surface area contributed by atoms with E-state index < -0.39 is 17.7 Å². The van der Waals surface area contributed by atoms with Crippen LogP contribution in [0.4, 0.5) is 0 Å². The third-order valence-electron chi connectivity index (χ3n) is 3.59. The van der Waals surface area contributed by atoms with Crippen LogP contribution in [0.3, 0.4) is 0 Å². The fourth-order valence-electron chi connectivity index (χ4n) is 2.51. The lowest BCUT2D eigenvalue weighted by Crippen LogP contribution is -2.39. The lowest BCUT2D eigenvalue weighted by Gasteiger charge is -2.29. The predicted molar refractivity (Wildman–Crippen MR) is 74.4 cm³/mol. The molecule has 0 saturated heterocycles. The van der Waals surface area contributed by atoms with Crippen LogP contribution >= 0.6 is 0 Å². The molecule has 2 atom stereocenters. The van der Waals surface area contributed by atoms with E-state index in [4.69, 9.17) is 4.84 Å². The van der Waals surface area contributed by atoms with Gasteiger partial charge in [-0.2, -0.15) is 0 Å². The van der Waals surface area contributed by atoms with E-state index in [0.29, 0.717) is 5.71 Å². The van der Waals surface area contributed by atoms with Crippen LogP contribution in [0.5, 0.6) is 0 Å². The predicted octanol–water partition coefficient (Wildman–Crippen LogP) is 2.60. The monoisotopic (exact) mass is 277 g/mol. The van der Waals surface area contributed by atoms with Crippen molar-refractivity contribution in [1.82, 2.24) is 0 Å². The number of carboxylic acid groups (broad SMARTS) is 1. The molecule has 0 radical (unpaired) electrons. The number of carbonyl (C=O) groups is 1. The average Bonchev–Trinajstić information content (AvgIpc) is 2.67. The molecular weight excluding hydrogens is 258 g/mol. The van der Waals surface area contributed by atoms with Crippen LogP contribution in [0.2, 0.25) is 0 Å². The van der Waals surface area contributed by atoms with Gasteiger partial charge in [0.1, 0.15) is 0 Å². The second-order valence-corrected chi connectivity index (χ2v) is 6.09. The lowest BCUT2D eigenvalue weighted by molar-refractivity contribution is -0.215. The summed E-state index contributed by atoms with van der Waals surface area (Å²) in [6.07, 6.45) is 0. The van der Waals surface area contributed by atoms with Gasteiger partial charge in [0.25, 0.3) is 5.79 Å². The van der Waals surface area contributed by atoms with E-state index in [-0.39, 0.29) is 16.5 Å². The van der Waals surface area contributed by atoms with Crippen LogP contribution in [-0.2, 0) is 10.6 Å². The summed E-state index contributed by atoms with van der Waals surface area (Å²) in [5, 5.41) is 24.0. The second kappa shape index (κ2) is 4.59. The van der Waals surface area contributed by atoms with E-state index in [0.717, 1.165) is 0 Å². The Morgan fingerprint density at radius 1 is 1.35 bits per heavy atom. The third-order valence-corrected chi connectivity index (χ3v) is 3.59. The van der Waals surface area contributed by atoms with E-state index in [1.54, 1.807) is 25.1 Å². The van der Waals surface area contributed by atoms with Crippen LogP contribution in [0.15, 0.2) is 29.4 Å². The van der Waals surface area contributed by atoms with Gasteiger partial charge < -0.3 is 15.1 Å². The average molecular weight is 277 g/mol. The molecule has 0 spiro atoms. The quantitative estimate of drug-likeness (QED) is 0.870. The van der Waals surface area contributed by atoms with Crippen molar-refractivity contribution in [3.05, 3.63) is 35.4 Å². The molecule has 1 aromatic carbocycles. The largest absolute Gasteiger partial charge is 0.478 e. The van der Waals surface area contributed by atoms with Crippen molar-refractivity contribution in [3.8, 4) is 0 Å². The number of aliphatic hydroxyl groups is 1. The summed E-state index contributed by atoms with van der Waals surface area (Å²) in [4.78, 5) is 16.6. The second-order valence-electron chi connectivity index (χ2n) is 6.09. The van der Waals surface area contributed by atoms with Crippen molar-refractivity contribution < 1.29 is 19.8 Å². The fourth-order valence-corrected chi connectivity index (χ4v) is 2.51. The highest BCUT2D eigenvalue weighted by Crippen LogP contribution is 2.42. The summed E-state index contributed by atoms with van der Waals surface area (Å²) >= 11 is 0. The number of carboxylic acids is 1. The molecule has 0 saturated carbocycles. The van der Waals surface area contributed by atoms with Gasteiger partial charge in [-0.25, -0.2) is 4.79 Å². The number of hydrogen-bond donors (Lipinski definition) is 2. The fraction of sp³-hybridized carbons (Fsp3) is 0.467. The summed E-state index contributed by atoms with van der Waals surface area (Å²) in [7, 11) is 0. The Labute approximate surface area is 117 Å². The van der Waals surface area contributed by atoms with Crippen molar-refractivity contribution >= 4 is 11.7 Å². The summed E-state index contributed by atoms with van der Waals surface area (Å²) in [5.74, 6) is -3.27. The van der Waals surface area contributed by atoms with Gasteiger partial charge in [0, 0.05) is 11.0 Å². The molecule has 1 aliphatic heterocycles. The van der Waals surface area contributed by atoms with Crippen LogP contribution in [-0.4, -0.2) is 21.9 Å². The van der Waals surface area contributed by atoms with E-state index in [2.05, 4.69) is 5.16 Å². The van der Waals surface area contributed by atoms with Crippen LogP contribution in [0.1, 0.15) is 43.6 Å². The van der Waals surface area contributed by atoms with Gasteiger partial charge in [-0.15, -0.1) is 0 Å². The molecule has 0 amide bonds. The van der Waals surface area contributed by atoms with Crippen LogP contribution in [0, 0.1) is 11.3 Å². The van der Waals surface area contributed by atoms with Crippen molar-refractivity contribution in [2.45, 2.75) is 33.5 Å². The topological polar surface area (TPSA) is 79.1 Å². The molecule has 1 aliphatic rings. The van der Waals surface area contributed by atoms with E-state index in [1.165, 1.54) is 6.07 Å². The van der Waals surface area contributed by atoms with Gasteiger partial charge in [-0.3, -0.25) is 0 Å². The van der Waals surface area contributed by atoms with Crippen molar-refractivity contribution in [3.63, 3.8) is 0 Å². The highest BCUT2D eigenvalue weighted by molar-refractivity contribution is 5.94. The standard InChI is InChI=1S/C15H19NO4/c1-9-12(14(2,3)4)16-20-15(9,19)11-8-6-5-7-10(11)13(17)18/h5-9,19H,1-4H3,(H,17,18). The zero-order chi connectivity index (χ0) is 15.1. The van der Waals surface area contributed by atoms with Crippen LogP contribution in [0.25, 0.3) is 0 Å². The van der Waals surface area contributed by atoms with Crippen molar-refractivity contribution in [1.29, 1.82) is 0 Å². The van der Waals surface area contributed by atoms with Crippen molar-refractivity contribution in [2.75, 3.05) is 0 Å². The molecule has 2 N–H and O–H groups in total. The highest BCUT2D eigenvalue weighted by atomic mass is 16.7. The molecular formula is C15H19NO4. The number of aromatic carboxylic acids is 1. The molecule has 1 aromatic rings. The van der Waals surface area contributed by atoms with Crippen LogP contribution < -0.4 is 0 Å². The molecule has 0 bridgehead atoms. The van der Waals surface area contributed by atoms with Gasteiger partial charge in [0.2, 0.25) is 0 Å². The van der Waals surface area contributed by atoms with E-state index in [9.17, 15) is 15.0 Å². The number of oxime groups is 1. The Morgan fingerprint density at radius 3 is 2.45 bits per heavy atom. The molecule has 5 heteroatoms. The zero-order valence-corrected chi connectivity index (χ0v) is 12.0. The molecule has 2 rings (SSSR count). The van der Waals surface area contributed by atoms with Gasteiger partial charge >= 0.3 is 5.97 Å². The van der Waals surface area contributed by atoms with Gasteiger partial charge in [-0.1, -0.05) is 51.0 Å². The maximum Gasteiger partial charge on any atom is 0.336 e. The SMILES string of the molecule is CC1C(C(C)(C)C)=NOC1(O)c1ccccc1C(=O)O. The Kier molecular flexibility index (Phi) is 3.34. The van der Waals surface area contributed by atoms with Gasteiger partial charge in [0.15, 0.2) is 0 Å². The van der Waals surface area contributed by atoms with Crippen molar-refractivity contribution in [2.24, 2.45) is 16.5 Å².